The van der Waals surface area contributed by atoms with E-state index in [1.807, 2.05) is 19.1 Å². The SMILES string of the molecule is CCN(C)C(=O)CNC(=O)/C=C/c1ccc(N)cc1. The second kappa shape index (κ2) is 7.20. The lowest BCUT2D eigenvalue weighted by Crippen LogP contribution is -2.37. The molecule has 0 saturated heterocycles. The summed E-state index contributed by atoms with van der Waals surface area (Å²) in [5.74, 6) is -0.411. The van der Waals surface area contributed by atoms with Gasteiger partial charge in [0.2, 0.25) is 11.8 Å². The minimum Gasteiger partial charge on any atom is -0.399 e. The summed E-state index contributed by atoms with van der Waals surface area (Å²) in [4.78, 5) is 24.5. The molecule has 0 fully saturated rings. The third-order valence-electron chi connectivity index (χ3n) is 2.68. The maximum atomic E-state index is 11.5. The van der Waals surface area contributed by atoms with Gasteiger partial charge in [-0.3, -0.25) is 9.59 Å². The quantitative estimate of drug-likeness (QED) is 0.610. The number of carbonyl (C=O) groups is 2. The van der Waals surface area contributed by atoms with Crippen LogP contribution >= 0.6 is 0 Å². The van der Waals surface area contributed by atoms with Crippen LogP contribution in [0.25, 0.3) is 6.08 Å². The van der Waals surface area contributed by atoms with Gasteiger partial charge in [-0.05, 0) is 30.7 Å². The molecular weight excluding hydrogens is 242 g/mol. The minimum atomic E-state index is -0.297. The number of amides is 2. The number of anilines is 1. The van der Waals surface area contributed by atoms with Crippen molar-refractivity contribution in [3.8, 4) is 0 Å². The highest BCUT2D eigenvalue weighted by Crippen LogP contribution is 2.06. The van der Waals surface area contributed by atoms with Crippen molar-refractivity contribution in [2.24, 2.45) is 0 Å². The summed E-state index contributed by atoms with van der Waals surface area (Å²) in [7, 11) is 1.69. The van der Waals surface area contributed by atoms with E-state index >= 15 is 0 Å². The zero-order valence-corrected chi connectivity index (χ0v) is 11.2. The summed E-state index contributed by atoms with van der Waals surface area (Å²) in [6.45, 7) is 2.51. The lowest BCUT2D eigenvalue weighted by Gasteiger charge is -2.13. The molecule has 0 radical (unpaired) electrons. The van der Waals surface area contributed by atoms with Crippen molar-refractivity contribution >= 4 is 23.6 Å². The Bertz CT molecular complexity index is 466. The highest BCUT2D eigenvalue weighted by molar-refractivity contribution is 5.94. The van der Waals surface area contributed by atoms with Crippen LogP contribution in [0.4, 0.5) is 5.69 Å². The van der Waals surface area contributed by atoms with Gasteiger partial charge in [-0.2, -0.15) is 0 Å². The molecule has 1 aromatic rings. The van der Waals surface area contributed by atoms with Crippen LogP contribution in [0, 0.1) is 0 Å². The standard InChI is InChI=1S/C14H19N3O2/c1-3-17(2)14(19)10-16-13(18)9-6-11-4-7-12(15)8-5-11/h4-9H,3,10,15H2,1-2H3,(H,16,18)/b9-6+. The summed E-state index contributed by atoms with van der Waals surface area (Å²) in [6, 6.07) is 7.15. The normalized spacial score (nSPS) is 10.4. The predicted molar refractivity (Wildman–Crippen MR) is 76.2 cm³/mol. The Morgan fingerprint density at radius 2 is 1.95 bits per heavy atom. The molecule has 0 aromatic heterocycles. The van der Waals surface area contributed by atoms with Crippen molar-refractivity contribution in [2.45, 2.75) is 6.92 Å². The Morgan fingerprint density at radius 3 is 2.53 bits per heavy atom. The lowest BCUT2D eigenvalue weighted by atomic mass is 10.2. The fourth-order valence-corrected chi connectivity index (χ4v) is 1.31. The van der Waals surface area contributed by atoms with Crippen molar-refractivity contribution < 1.29 is 9.59 Å². The molecule has 0 unspecified atom stereocenters. The molecule has 102 valence electrons. The van der Waals surface area contributed by atoms with Crippen LogP contribution in [0.1, 0.15) is 12.5 Å². The molecule has 0 atom stereocenters. The van der Waals surface area contributed by atoms with Crippen LogP contribution < -0.4 is 11.1 Å². The number of nitrogens with two attached hydrogens (primary N) is 1. The first kappa shape index (κ1) is 14.8. The van der Waals surface area contributed by atoms with E-state index in [1.54, 1.807) is 30.2 Å². The third-order valence-corrected chi connectivity index (χ3v) is 2.68. The largest absolute Gasteiger partial charge is 0.399 e. The number of carbonyl (C=O) groups excluding carboxylic acids is 2. The van der Waals surface area contributed by atoms with Gasteiger partial charge in [0.05, 0.1) is 6.54 Å². The molecule has 0 saturated carbocycles. The molecule has 0 heterocycles. The number of hydrogen-bond acceptors (Lipinski definition) is 3. The van der Waals surface area contributed by atoms with Crippen LogP contribution in [0.3, 0.4) is 0 Å². The average Bonchev–Trinajstić information content (AvgIpc) is 2.43. The molecule has 0 bridgehead atoms. The first-order chi connectivity index (χ1) is 9.02. The van der Waals surface area contributed by atoms with Gasteiger partial charge in [0.15, 0.2) is 0 Å². The Hall–Kier alpha value is -2.30. The summed E-state index contributed by atoms with van der Waals surface area (Å²) in [5.41, 5.74) is 7.11. The molecule has 0 aliphatic heterocycles. The minimum absolute atomic E-state index is 0.00918. The zero-order chi connectivity index (χ0) is 14.3. The van der Waals surface area contributed by atoms with Crippen molar-refractivity contribution in [2.75, 3.05) is 25.9 Å². The van der Waals surface area contributed by atoms with Crippen molar-refractivity contribution in [1.82, 2.24) is 10.2 Å². The molecule has 1 aromatic carbocycles. The van der Waals surface area contributed by atoms with E-state index in [9.17, 15) is 9.59 Å². The molecule has 2 amide bonds. The van der Waals surface area contributed by atoms with E-state index in [-0.39, 0.29) is 18.4 Å². The highest BCUT2D eigenvalue weighted by atomic mass is 16.2. The summed E-state index contributed by atoms with van der Waals surface area (Å²) >= 11 is 0. The van der Waals surface area contributed by atoms with Gasteiger partial charge < -0.3 is 16.0 Å². The van der Waals surface area contributed by atoms with Crippen LogP contribution in [0.15, 0.2) is 30.3 Å². The number of benzene rings is 1. The number of nitrogen functional groups attached to an aromatic ring is 1. The molecule has 1 rings (SSSR count). The van der Waals surface area contributed by atoms with Gasteiger partial charge >= 0.3 is 0 Å². The molecular formula is C14H19N3O2. The Morgan fingerprint density at radius 1 is 1.32 bits per heavy atom. The van der Waals surface area contributed by atoms with Gasteiger partial charge in [0.25, 0.3) is 0 Å². The van der Waals surface area contributed by atoms with Gasteiger partial charge in [-0.25, -0.2) is 0 Å². The topological polar surface area (TPSA) is 75.4 Å². The number of rotatable bonds is 5. The zero-order valence-electron chi connectivity index (χ0n) is 11.2. The number of likely N-dealkylation sites (N-methyl/N-ethyl adjacent to an activating group) is 1. The van der Waals surface area contributed by atoms with Crippen LogP contribution in [-0.2, 0) is 9.59 Å². The van der Waals surface area contributed by atoms with Gasteiger partial charge in [0, 0.05) is 25.4 Å². The Kier molecular flexibility index (Phi) is 5.60. The van der Waals surface area contributed by atoms with E-state index < -0.39 is 0 Å². The number of hydrogen-bond donors (Lipinski definition) is 2. The molecule has 5 nitrogen and oxygen atoms in total. The predicted octanol–water partition coefficient (Wildman–Crippen LogP) is 0.876. The second-order valence-electron chi connectivity index (χ2n) is 4.13. The lowest BCUT2D eigenvalue weighted by molar-refractivity contribution is -0.130. The average molecular weight is 261 g/mol. The Balaban J connectivity index is 2.43. The molecule has 3 N–H and O–H groups in total. The summed E-state index contributed by atoms with van der Waals surface area (Å²) in [6.07, 6.45) is 3.06. The van der Waals surface area contributed by atoms with Crippen LogP contribution in [-0.4, -0.2) is 36.9 Å². The molecule has 19 heavy (non-hydrogen) atoms. The van der Waals surface area contributed by atoms with Gasteiger partial charge in [0.1, 0.15) is 0 Å². The maximum Gasteiger partial charge on any atom is 0.244 e. The summed E-state index contributed by atoms with van der Waals surface area (Å²) in [5, 5.41) is 2.54. The van der Waals surface area contributed by atoms with E-state index in [0.29, 0.717) is 12.2 Å². The first-order valence-corrected chi connectivity index (χ1v) is 6.08. The monoisotopic (exact) mass is 261 g/mol. The van der Waals surface area contributed by atoms with Crippen LogP contribution in [0.5, 0.6) is 0 Å². The highest BCUT2D eigenvalue weighted by Gasteiger charge is 2.06. The number of nitrogens with one attached hydrogen (secondary N) is 1. The fourth-order valence-electron chi connectivity index (χ4n) is 1.31. The molecule has 5 heteroatoms. The fraction of sp³-hybridized carbons (Fsp3) is 0.286. The molecule has 0 aliphatic carbocycles. The van der Waals surface area contributed by atoms with E-state index in [2.05, 4.69) is 5.32 Å². The first-order valence-electron chi connectivity index (χ1n) is 6.08. The van der Waals surface area contributed by atoms with Gasteiger partial charge in [-0.1, -0.05) is 12.1 Å². The maximum absolute atomic E-state index is 11.5. The molecule has 0 spiro atoms. The van der Waals surface area contributed by atoms with E-state index in [1.165, 1.54) is 6.08 Å². The summed E-state index contributed by atoms with van der Waals surface area (Å²) < 4.78 is 0. The van der Waals surface area contributed by atoms with Crippen molar-refractivity contribution in [3.05, 3.63) is 35.9 Å². The van der Waals surface area contributed by atoms with E-state index in [4.69, 9.17) is 5.73 Å². The second-order valence-corrected chi connectivity index (χ2v) is 4.13. The smallest absolute Gasteiger partial charge is 0.244 e. The van der Waals surface area contributed by atoms with Gasteiger partial charge in [-0.15, -0.1) is 0 Å². The van der Waals surface area contributed by atoms with Crippen molar-refractivity contribution in [1.29, 1.82) is 0 Å². The van der Waals surface area contributed by atoms with E-state index in [0.717, 1.165) is 5.56 Å². The number of nitrogens with zero attached hydrogens (tertiary/aromatic N) is 1. The third kappa shape index (κ3) is 5.25. The Labute approximate surface area is 113 Å². The van der Waals surface area contributed by atoms with Crippen molar-refractivity contribution in [3.63, 3.8) is 0 Å². The molecule has 0 aliphatic rings. The van der Waals surface area contributed by atoms with Crippen LogP contribution in [0.2, 0.25) is 0 Å².